The minimum atomic E-state index is -0.831. The Labute approximate surface area is 164 Å². The van der Waals surface area contributed by atoms with Gasteiger partial charge in [-0.05, 0) is 32.0 Å². The van der Waals surface area contributed by atoms with Gasteiger partial charge in [-0.2, -0.15) is 9.65 Å². The molecule has 148 valence electrons. The Morgan fingerprint density at radius 3 is 2.79 bits per heavy atom. The lowest BCUT2D eigenvalue weighted by Gasteiger charge is -2.45. The normalized spacial score (nSPS) is 19.0. The second kappa shape index (κ2) is 7.22. The average Bonchev–Trinajstić information content (AvgIpc) is 2.71. The van der Waals surface area contributed by atoms with Crippen molar-refractivity contribution in [3.63, 3.8) is 0 Å². The molecule has 29 heavy (non-hydrogen) atoms. The number of pyridine rings is 1. The van der Waals surface area contributed by atoms with Crippen LogP contribution in [0.2, 0.25) is 0 Å². The number of benzene rings is 1. The molecule has 1 aliphatic rings. The van der Waals surface area contributed by atoms with Crippen LogP contribution in [0.25, 0.3) is 11.0 Å². The predicted molar refractivity (Wildman–Crippen MR) is 100 cm³/mol. The number of aromatic amines is 1. The lowest BCUT2D eigenvalue weighted by Crippen LogP contribution is -2.60. The van der Waals surface area contributed by atoms with E-state index in [2.05, 4.69) is 15.0 Å². The molecule has 0 bridgehead atoms. The van der Waals surface area contributed by atoms with Crippen molar-refractivity contribution in [2.45, 2.75) is 32.5 Å². The van der Waals surface area contributed by atoms with Gasteiger partial charge in [-0.15, -0.1) is 0 Å². The van der Waals surface area contributed by atoms with Crippen LogP contribution in [0.4, 0.5) is 8.78 Å². The van der Waals surface area contributed by atoms with Crippen LogP contribution in [0.3, 0.4) is 0 Å². The molecule has 0 amide bonds. The number of hydrogen-bond donors (Lipinski definition) is 1. The highest BCUT2D eigenvalue weighted by molar-refractivity contribution is 5.75. The molecule has 7 nitrogen and oxygen atoms in total. The Bertz CT molecular complexity index is 1200. The van der Waals surface area contributed by atoms with Crippen molar-refractivity contribution in [1.29, 1.82) is 5.26 Å². The van der Waals surface area contributed by atoms with E-state index in [1.54, 1.807) is 25.1 Å². The van der Waals surface area contributed by atoms with Gasteiger partial charge in [0.2, 0.25) is 0 Å². The maximum Gasteiger partial charge on any atom is 0.269 e. The highest BCUT2D eigenvalue weighted by Gasteiger charge is 2.38. The molecule has 1 fully saturated rings. The van der Waals surface area contributed by atoms with Crippen LogP contribution in [0, 0.1) is 30.0 Å². The van der Waals surface area contributed by atoms with Crippen LogP contribution in [0.15, 0.2) is 29.1 Å². The van der Waals surface area contributed by atoms with Crippen LogP contribution in [-0.4, -0.2) is 38.5 Å². The van der Waals surface area contributed by atoms with Crippen molar-refractivity contribution in [2.75, 3.05) is 6.54 Å². The second-order valence-corrected chi connectivity index (χ2v) is 7.01. The number of nitrogens with one attached hydrogen (secondary N) is 1. The Morgan fingerprint density at radius 1 is 1.31 bits per heavy atom. The summed E-state index contributed by atoms with van der Waals surface area (Å²) < 4.78 is 34.4. The van der Waals surface area contributed by atoms with Crippen molar-refractivity contribution in [3.05, 3.63) is 63.3 Å². The van der Waals surface area contributed by atoms with E-state index in [4.69, 9.17) is 10.00 Å². The van der Waals surface area contributed by atoms with Gasteiger partial charge in [-0.3, -0.25) is 9.69 Å². The zero-order valence-electron chi connectivity index (χ0n) is 15.7. The minimum Gasteiger partial charge on any atom is -0.483 e. The summed E-state index contributed by atoms with van der Waals surface area (Å²) in [5.41, 5.74) is 0.751. The van der Waals surface area contributed by atoms with Crippen LogP contribution in [-0.2, 0) is 6.54 Å². The third kappa shape index (κ3) is 3.43. The molecule has 2 atom stereocenters. The molecule has 9 heteroatoms. The Hall–Kier alpha value is -3.38. The van der Waals surface area contributed by atoms with E-state index in [0.29, 0.717) is 24.2 Å². The van der Waals surface area contributed by atoms with E-state index in [1.807, 2.05) is 11.8 Å². The van der Waals surface area contributed by atoms with Gasteiger partial charge in [0.25, 0.3) is 11.5 Å². The molecule has 0 unspecified atom stereocenters. The van der Waals surface area contributed by atoms with Gasteiger partial charge in [-0.1, -0.05) is 6.07 Å². The molecule has 0 saturated carbocycles. The number of rotatable bonds is 4. The first-order chi connectivity index (χ1) is 13.9. The summed E-state index contributed by atoms with van der Waals surface area (Å²) in [7, 11) is 0. The molecule has 1 aromatic carbocycles. The maximum atomic E-state index is 14.8. The number of hydrogen-bond acceptors (Lipinski definition) is 6. The lowest BCUT2D eigenvalue weighted by atomic mass is 9.99. The number of likely N-dealkylation sites (tertiary alicyclic amines) is 1. The first kappa shape index (κ1) is 19.0. The molecule has 1 saturated heterocycles. The van der Waals surface area contributed by atoms with Gasteiger partial charge in [0.15, 0.2) is 11.6 Å². The molecular formula is C20H17F2N5O2. The highest BCUT2D eigenvalue weighted by Crippen LogP contribution is 2.28. The minimum absolute atomic E-state index is 0.0172. The topological polar surface area (TPSA) is 94.9 Å². The summed E-state index contributed by atoms with van der Waals surface area (Å²) in [6, 6.07) is 7.77. The largest absolute Gasteiger partial charge is 0.483 e. The van der Waals surface area contributed by atoms with Crippen LogP contribution >= 0.6 is 0 Å². The molecule has 1 aliphatic heterocycles. The number of ether oxygens (including phenoxy) is 1. The standard InChI is InChI=1S/C20H17F2N5O2/c1-10-20(28)26-18-14(24-10)5-3-12(17(18)21)8-27-9-16(11(27)2)29-15-6-4-13(7-23)25-19(15)22/h3-6,11,16H,8-9H2,1-2H3,(H,26,28)/t11-,16-/m1/s1. The second-order valence-electron chi connectivity index (χ2n) is 7.01. The Morgan fingerprint density at radius 2 is 2.10 bits per heavy atom. The number of halogens is 2. The number of nitrogens with zero attached hydrogens (tertiary/aromatic N) is 4. The van der Waals surface area contributed by atoms with E-state index >= 15 is 0 Å². The average molecular weight is 397 g/mol. The Balaban J connectivity index is 1.47. The summed E-state index contributed by atoms with van der Waals surface area (Å²) in [5, 5.41) is 8.75. The molecule has 4 rings (SSSR count). The van der Waals surface area contributed by atoms with Gasteiger partial charge in [0.05, 0.1) is 5.52 Å². The quantitative estimate of drug-likeness (QED) is 0.680. The molecule has 0 aliphatic carbocycles. The van der Waals surface area contributed by atoms with Gasteiger partial charge in [0.1, 0.15) is 29.1 Å². The van der Waals surface area contributed by atoms with Crippen LogP contribution in [0.1, 0.15) is 23.9 Å². The summed E-state index contributed by atoms with van der Waals surface area (Å²) in [6.45, 7) is 4.25. The monoisotopic (exact) mass is 397 g/mol. The molecule has 0 spiro atoms. The Kier molecular flexibility index (Phi) is 4.72. The van der Waals surface area contributed by atoms with Gasteiger partial charge >= 0.3 is 0 Å². The molecular weight excluding hydrogens is 380 g/mol. The molecule has 2 aromatic heterocycles. The fourth-order valence-corrected chi connectivity index (χ4v) is 3.32. The molecule has 3 aromatic rings. The van der Waals surface area contributed by atoms with Gasteiger partial charge in [-0.25, -0.2) is 14.4 Å². The van der Waals surface area contributed by atoms with Gasteiger partial charge < -0.3 is 9.72 Å². The molecule has 0 radical (unpaired) electrons. The molecule has 1 N–H and O–H groups in total. The van der Waals surface area contributed by atoms with Crippen LogP contribution in [0.5, 0.6) is 5.75 Å². The molecule has 3 heterocycles. The summed E-state index contributed by atoms with van der Waals surface area (Å²) >= 11 is 0. The summed E-state index contributed by atoms with van der Waals surface area (Å²) in [4.78, 5) is 23.9. The first-order valence-electron chi connectivity index (χ1n) is 9.02. The number of aromatic nitrogens is 3. The van der Waals surface area contributed by atoms with E-state index in [0.717, 1.165) is 0 Å². The third-order valence-corrected chi connectivity index (χ3v) is 5.16. The van der Waals surface area contributed by atoms with E-state index in [9.17, 15) is 13.6 Å². The van der Waals surface area contributed by atoms with E-state index < -0.39 is 17.3 Å². The van der Waals surface area contributed by atoms with Gasteiger partial charge in [0, 0.05) is 24.7 Å². The van der Waals surface area contributed by atoms with Crippen molar-refractivity contribution in [1.82, 2.24) is 19.9 Å². The van der Waals surface area contributed by atoms with Crippen molar-refractivity contribution < 1.29 is 13.5 Å². The fourth-order valence-electron chi connectivity index (χ4n) is 3.32. The lowest BCUT2D eigenvalue weighted by molar-refractivity contribution is -0.0437. The highest BCUT2D eigenvalue weighted by atomic mass is 19.1. The summed E-state index contributed by atoms with van der Waals surface area (Å²) in [5.74, 6) is -1.36. The zero-order chi connectivity index (χ0) is 20.7. The number of aryl methyl sites for hydroxylation is 1. The third-order valence-electron chi connectivity index (χ3n) is 5.16. The van der Waals surface area contributed by atoms with Crippen LogP contribution < -0.4 is 10.3 Å². The van der Waals surface area contributed by atoms with Crippen molar-refractivity contribution >= 4 is 11.0 Å². The fraction of sp³-hybridized carbons (Fsp3) is 0.300. The van der Waals surface area contributed by atoms with E-state index in [1.165, 1.54) is 12.1 Å². The SMILES string of the molecule is Cc1nc2ccc(CN3C[C@@H](Oc4ccc(C#N)nc4F)[C@H]3C)c(F)c2[nH]c1=O. The zero-order valence-corrected chi connectivity index (χ0v) is 15.7. The van der Waals surface area contributed by atoms with Crippen molar-refractivity contribution in [2.24, 2.45) is 0 Å². The number of nitriles is 1. The first-order valence-corrected chi connectivity index (χ1v) is 9.02. The number of fused-ring (bicyclic) bond motifs is 1. The van der Waals surface area contributed by atoms with Crippen molar-refractivity contribution in [3.8, 4) is 11.8 Å². The van der Waals surface area contributed by atoms with E-state index in [-0.39, 0.29) is 34.8 Å². The number of H-pyrrole nitrogens is 1. The maximum absolute atomic E-state index is 14.8. The smallest absolute Gasteiger partial charge is 0.269 e. The summed E-state index contributed by atoms with van der Waals surface area (Å²) in [6.07, 6.45) is -0.285. The predicted octanol–water partition coefficient (Wildman–Crippen LogP) is 2.43.